The van der Waals surface area contributed by atoms with E-state index in [2.05, 4.69) is 28.9 Å². The number of aliphatic carboxylic acids is 3. The average Bonchev–Trinajstić information content (AvgIpc) is 2.74. The zero-order valence-electron chi connectivity index (χ0n) is 19.4. The molecule has 0 aliphatic rings. The Hall–Kier alpha value is -2.76. The van der Waals surface area contributed by atoms with Crippen molar-refractivity contribution in [2.24, 2.45) is 0 Å². The lowest BCUT2D eigenvalue weighted by molar-refractivity contribution is -0.170. The quantitative estimate of drug-likeness (QED) is 0.322. The summed E-state index contributed by atoms with van der Waals surface area (Å²) >= 11 is 12.3. The summed E-state index contributed by atoms with van der Waals surface area (Å²) in [6.07, 6.45) is 1.37. The molecular formula is C23H29Cl2N3O7. The smallest absolute Gasteiger partial charge is 0.336 e. The van der Waals surface area contributed by atoms with Gasteiger partial charge in [0, 0.05) is 48.6 Å². The molecule has 1 aromatic carbocycles. The Balaban J connectivity index is 0.000000405. The zero-order chi connectivity index (χ0) is 26.6. The second-order valence-corrected chi connectivity index (χ2v) is 8.93. The van der Waals surface area contributed by atoms with E-state index in [9.17, 15) is 14.4 Å². The van der Waals surface area contributed by atoms with Crippen molar-refractivity contribution in [3.63, 3.8) is 0 Å². The highest BCUT2D eigenvalue weighted by molar-refractivity contribution is 6.35. The first-order chi connectivity index (χ1) is 16.3. The first kappa shape index (κ1) is 30.3. The minimum absolute atomic E-state index is 0.669. The van der Waals surface area contributed by atoms with Gasteiger partial charge in [0.1, 0.15) is 0 Å². The highest BCUT2D eigenvalue weighted by Gasteiger charge is 2.40. The van der Waals surface area contributed by atoms with Crippen molar-refractivity contribution in [2.45, 2.75) is 31.5 Å². The lowest BCUT2D eigenvalue weighted by Crippen LogP contribution is -2.42. The van der Waals surface area contributed by atoms with Gasteiger partial charge in [-0.2, -0.15) is 0 Å². The third kappa shape index (κ3) is 12.0. The Morgan fingerprint density at radius 3 is 1.94 bits per heavy atom. The fourth-order valence-electron chi connectivity index (χ4n) is 2.91. The Labute approximate surface area is 213 Å². The summed E-state index contributed by atoms with van der Waals surface area (Å²) in [4.78, 5) is 39.1. The van der Waals surface area contributed by atoms with Crippen LogP contribution in [-0.4, -0.2) is 85.9 Å². The second-order valence-electron chi connectivity index (χ2n) is 8.08. The number of nitrogens with zero attached hydrogens (tertiary/aromatic N) is 3. The number of carbonyl (C=O) groups is 3. The topological polar surface area (TPSA) is 152 Å². The first-order valence-electron chi connectivity index (χ1n) is 10.4. The van der Waals surface area contributed by atoms with Crippen LogP contribution in [0.4, 0.5) is 0 Å². The average molecular weight is 530 g/mol. The second kappa shape index (κ2) is 14.6. The number of likely N-dealkylation sites (N-methyl/N-ethyl adjacent to an activating group) is 1. The lowest BCUT2D eigenvalue weighted by atomic mass is 9.96. The van der Waals surface area contributed by atoms with Crippen molar-refractivity contribution in [1.82, 2.24) is 14.8 Å². The molecule has 0 spiro atoms. The Morgan fingerprint density at radius 2 is 1.49 bits per heavy atom. The van der Waals surface area contributed by atoms with Crippen molar-refractivity contribution in [1.29, 1.82) is 0 Å². The van der Waals surface area contributed by atoms with Crippen molar-refractivity contribution in [2.75, 3.05) is 27.2 Å². The standard InChI is InChI=1S/C17H21Cl2N3.C6H8O7/c1-21(2)9-10-22(12-14-5-7-20-8-6-14)13-15-3-4-16(18)11-17(15)19;7-3(8)1-6(13,5(11)12)2-4(9)10/h3-8,11H,9-10,12-13H2,1-2H3;13H,1-2H2,(H,7,8)(H,9,10)(H,11,12). The van der Waals surface area contributed by atoms with E-state index in [1.165, 1.54) is 5.56 Å². The van der Waals surface area contributed by atoms with Gasteiger partial charge in [0.05, 0.1) is 12.8 Å². The van der Waals surface area contributed by atoms with E-state index < -0.39 is 36.4 Å². The Kier molecular flexibility index (Phi) is 12.6. The van der Waals surface area contributed by atoms with Crippen LogP contribution in [0.1, 0.15) is 24.0 Å². The molecule has 192 valence electrons. The lowest BCUT2D eigenvalue weighted by Gasteiger charge is -2.24. The molecule has 4 N–H and O–H groups in total. The number of aliphatic hydroxyl groups is 1. The highest BCUT2D eigenvalue weighted by Crippen LogP contribution is 2.23. The van der Waals surface area contributed by atoms with Gasteiger partial charge in [0.25, 0.3) is 0 Å². The molecule has 0 radical (unpaired) electrons. The molecule has 12 heteroatoms. The maximum atomic E-state index is 10.3. The number of benzene rings is 1. The fraction of sp³-hybridized carbons (Fsp3) is 0.391. The Bertz CT molecular complexity index is 974. The van der Waals surface area contributed by atoms with Crippen LogP contribution in [0.5, 0.6) is 0 Å². The minimum atomic E-state index is -2.74. The number of hydrogen-bond donors (Lipinski definition) is 4. The van der Waals surface area contributed by atoms with Gasteiger partial charge in [-0.05, 0) is 49.5 Å². The number of carboxylic acid groups (broad SMARTS) is 3. The van der Waals surface area contributed by atoms with Crippen molar-refractivity contribution in [3.8, 4) is 0 Å². The van der Waals surface area contributed by atoms with Crippen molar-refractivity contribution in [3.05, 3.63) is 63.9 Å². The predicted molar refractivity (Wildman–Crippen MR) is 130 cm³/mol. The van der Waals surface area contributed by atoms with Gasteiger partial charge >= 0.3 is 17.9 Å². The Morgan fingerprint density at radius 1 is 0.914 bits per heavy atom. The van der Waals surface area contributed by atoms with Crippen LogP contribution in [0.15, 0.2) is 42.7 Å². The molecule has 0 saturated carbocycles. The van der Waals surface area contributed by atoms with E-state index in [1.807, 2.05) is 36.7 Å². The third-order valence-electron chi connectivity index (χ3n) is 4.71. The van der Waals surface area contributed by atoms with Gasteiger partial charge in [-0.3, -0.25) is 19.5 Å². The van der Waals surface area contributed by atoms with Gasteiger partial charge in [-0.15, -0.1) is 0 Å². The maximum absolute atomic E-state index is 10.3. The minimum Gasteiger partial charge on any atom is -0.481 e. The van der Waals surface area contributed by atoms with E-state index in [4.69, 9.17) is 43.6 Å². The number of rotatable bonds is 12. The first-order valence-corrected chi connectivity index (χ1v) is 11.2. The maximum Gasteiger partial charge on any atom is 0.336 e. The summed E-state index contributed by atoms with van der Waals surface area (Å²) in [6.45, 7) is 3.63. The van der Waals surface area contributed by atoms with Gasteiger partial charge in [-0.25, -0.2) is 4.79 Å². The molecule has 1 aromatic heterocycles. The highest BCUT2D eigenvalue weighted by atomic mass is 35.5. The summed E-state index contributed by atoms with van der Waals surface area (Å²) in [7, 11) is 4.17. The number of halogens is 2. The summed E-state index contributed by atoms with van der Waals surface area (Å²) in [6, 6.07) is 9.78. The normalized spacial score (nSPS) is 11.2. The van der Waals surface area contributed by atoms with Crippen LogP contribution in [-0.2, 0) is 27.5 Å². The van der Waals surface area contributed by atoms with Crippen LogP contribution in [0, 0.1) is 0 Å². The van der Waals surface area contributed by atoms with Crippen LogP contribution in [0.3, 0.4) is 0 Å². The summed E-state index contributed by atoms with van der Waals surface area (Å²) < 4.78 is 0. The molecule has 1 heterocycles. The summed E-state index contributed by atoms with van der Waals surface area (Å²) in [5.74, 6) is -5.02. The summed E-state index contributed by atoms with van der Waals surface area (Å²) in [5.41, 5.74) is -0.393. The molecule has 0 atom stereocenters. The van der Waals surface area contributed by atoms with E-state index in [-0.39, 0.29) is 0 Å². The zero-order valence-corrected chi connectivity index (χ0v) is 20.9. The molecule has 0 saturated heterocycles. The molecule has 2 rings (SSSR count). The molecule has 0 bridgehead atoms. The van der Waals surface area contributed by atoms with Gasteiger partial charge in [0.2, 0.25) is 0 Å². The van der Waals surface area contributed by atoms with Gasteiger partial charge in [0.15, 0.2) is 5.60 Å². The molecule has 0 aliphatic heterocycles. The number of hydrogen-bond acceptors (Lipinski definition) is 7. The molecule has 0 fully saturated rings. The molecule has 0 unspecified atom stereocenters. The largest absolute Gasteiger partial charge is 0.481 e. The summed E-state index contributed by atoms with van der Waals surface area (Å²) in [5, 5.41) is 35.2. The van der Waals surface area contributed by atoms with E-state index in [0.29, 0.717) is 5.02 Å². The molecule has 10 nitrogen and oxygen atoms in total. The number of aromatic nitrogens is 1. The van der Waals surface area contributed by atoms with Crippen LogP contribution < -0.4 is 0 Å². The number of carboxylic acids is 3. The van der Waals surface area contributed by atoms with Gasteiger partial charge < -0.3 is 25.3 Å². The van der Waals surface area contributed by atoms with Crippen molar-refractivity contribution >= 4 is 41.1 Å². The van der Waals surface area contributed by atoms with Crippen LogP contribution in [0.2, 0.25) is 10.0 Å². The third-order valence-corrected chi connectivity index (χ3v) is 5.30. The van der Waals surface area contributed by atoms with E-state index >= 15 is 0 Å². The molecule has 35 heavy (non-hydrogen) atoms. The number of pyridine rings is 1. The van der Waals surface area contributed by atoms with Crippen molar-refractivity contribution < 1.29 is 34.8 Å². The molecule has 0 amide bonds. The van der Waals surface area contributed by atoms with E-state index in [0.717, 1.165) is 36.8 Å². The van der Waals surface area contributed by atoms with E-state index in [1.54, 1.807) is 6.07 Å². The fourth-order valence-corrected chi connectivity index (χ4v) is 3.37. The predicted octanol–water partition coefficient (Wildman–Crippen LogP) is 2.70. The van der Waals surface area contributed by atoms with Crippen LogP contribution in [0.25, 0.3) is 0 Å². The van der Waals surface area contributed by atoms with Crippen LogP contribution >= 0.6 is 23.2 Å². The van der Waals surface area contributed by atoms with Gasteiger partial charge in [-0.1, -0.05) is 29.3 Å². The molecule has 0 aliphatic carbocycles. The monoisotopic (exact) mass is 529 g/mol. The SMILES string of the molecule is CN(C)CCN(Cc1ccncc1)Cc1ccc(Cl)cc1Cl.O=C(O)CC(O)(CC(=O)O)C(=O)O. The molecule has 2 aromatic rings. The molecular weight excluding hydrogens is 501 g/mol.